The molecule has 2 nitrogen and oxygen atoms in total. The van der Waals surface area contributed by atoms with Gasteiger partial charge in [0.05, 0.1) is 9.79 Å². The first-order valence-electron chi connectivity index (χ1n) is 10.0. The van der Waals surface area contributed by atoms with Crippen molar-refractivity contribution in [1.82, 2.24) is 0 Å². The van der Waals surface area contributed by atoms with Crippen LogP contribution in [0.3, 0.4) is 0 Å². The van der Waals surface area contributed by atoms with Crippen molar-refractivity contribution in [3.05, 3.63) is 58.7 Å². The molecule has 0 bridgehead atoms. The molecular weight excluding hydrogens is 352 g/mol. The van der Waals surface area contributed by atoms with Crippen LogP contribution >= 0.6 is 0 Å². The summed E-state index contributed by atoms with van der Waals surface area (Å²) in [6.07, 6.45) is 2.22. The molecule has 0 spiro atoms. The first kappa shape index (κ1) is 20.1. The normalized spacial score (nSPS) is 25.3. The standard InChI is InChI=1S/C24H32O2S/c1-15-7-10-22(13-16(15)2)27(25,26)23-11-8-21(17(3)14-23)9-12-24-19(5)18(4)20(24)6/h7-8,10-11,13-14,18-20,24H,9,12H2,1-6H3. The molecule has 1 fully saturated rings. The Morgan fingerprint density at radius 3 is 1.85 bits per heavy atom. The van der Waals surface area contributed by atoms with Gasteiger partial charge in [-0.05, 0) is 104 Å². The third-order valence-corrected chi connectivity index (χ3v) is 8.92. The van der Waals surface area contributed by atoms with Crippen molar-refractivity contribution < 1.29 is 8.42 Å². The highest BCUT2D eigenvalue weighted by atomic mass is 32.2. The Labute approximate surface area is 164 Å². The molecule has 1 aliphatic carbocycles. The van der Waals surface area contributed by atoms with Crippen molar-refractivity contribution >= 4 is 9.84 Å². The topological polar surface area (TPSA) is 34.1 Å². The Morgan fingerprint density at radius 2 is 1.30 bits per heavy atom. The van der Waals surface area contributed by atoms with Crippen LogP contribution in [0.1, 0.15) is 49.4 Å². The summed E-state index contributed by atoms with van der Waals surface area (Å²) in [5.74, 6) is 3.20. The molecule has 2 unspecified atom stereocenters. The lowest BCUT2D eigenvalue weighted by molar-refractivity contribution is 0.00994. The van der Waals surface area contributed by atoms with Crippen LogP contribution in [-0.4, -0.2) is 8.42 Å². The molecule has 1 aliphatic rings. The Kier molecular flexibility index (Phi) is 5.54. The molecule has 0 N–H and O–H groups in total. The number of benzene rings is 2. The first-order valence-corrected chi connectivity index (χ1v) is 11.5. The number of hydrogen-bond acceptors (Lipinski definition) is 2. The molecule has 0 heterocycles. The van der Waals surface area contributed by atoms with Crippen molar-refractivity contribution in [3.8, 4) is 0 Å². The van der Waals surface area contributed by atoms with Gasteiger partial charge in [0, 0.05) is 0 Å². The van der Waals surface area contributed by atoms with Gasteiger partial charge in [-0.25, -0.2) is 8.42 Å². The lowest BCUT2D eigenvalue weighted by atomic mass is 9.57. The van der Waals surface area contributed by atoms with Crippen LogP contribution in [0.2, 0.25) is 0 Å². The molecule has 2 aromatic rings. The summed E-state index contributed by atoms with van der Waals surface area (Å²) < 4.78 is 26.0. The summed E-state index contributed by atoms with van der Waals surface area (Å²) >= 11 is 0. The molecule has 3 rings (SSSR count). The van der Waals surface area contributed by atoms with E-state index < -0.39 is 9.84 Å². The molecule has 0 aromatic heterocycles. The zero-order valence-electron chi connectivity index (χ0n) is 17.4. The van der Waals surface area contributed by atoms with Crippen molar-refractivity contribution in [1.29, 1.82) is 0 Å². The van der Waals surface area contributed by atoms with Crippen LogP contribution in [0.4, 0.5) is 0 Å². The highest BCUT2D eigenvalue weighted by molar-refractivity contribution is 7.91. The maximum absolute atomic E-state index is 13.0. The van der Waals surface area contributed by atoms with Crippen LogP contribution in [0.15, 0.2) is 46.2 Å². The van der Waals surface area contributed by atoms with Gasteiger partial charge in [-0.1, -0.05) is 32.9 Å². The van der Waals surface area contributed by atoms with Gasteiger partial charge < -0.3 is 0 Å². The van der Waals surface area contributed by atoms with Crippen molar-refractivity contribution in [3.63, 3.8) is 0 Å². The van der Waals surface area contributed by atoms with E-state index in [4.69, 9.17) is 0 Å². The maximum Gasteiger partial charge on any atom is 0.206 e. The molecule has 1 saturated carbocycles. The molecule has 2 atom stereocenters. The minimum atomic E-state index is -3.47. The SMILES string of the molecule is Cc1ccc(S(=O)(=O)c2ccc(CCC3C(C)C(C)C3C)c(C)c2)cc1C. The fraction of sp³-hybridized carbons (Fsp3) is 0.500. The average Bonchev–Trinajstić information content (AvgIpc) is 2.64. The second kappa shape index (κ2) is 7.43. The lowest BCUT2D eigenvalue weighted by Crippen LogP contribution is -2.42. The predicted molar refractivity (Wildman–Crippen MR) is 112 cm³/mol. The molecule has 0 radical (unpaired) electrons. The minimum Gasteiger partial charge on any atom is -0.219 e. The average molecular weight is 385 g/mol. The zero-order valence-corrected chi connectivity index (χ0v) is 18.2. The van der Waals surface area contributed by atoms with Crippen LogP contribution < -0.4 is 0 Å². The Balaban J connectivity index is 1.79. The summed E-state index contributed by atoms with van der Waals surface area (Å²) in [6, 6.07) is 11.0. The Morgan fingerprint density at radius 1 is 0.741 bits per heavy atom. The van der Waals surface area contributed by atoms with Crippen LogP contribution in [0.5, 0.6) is 0 Å². The maximum atomic E-state index is 13.0. The van der Waals surface area contributed by atoms with E-state index in [1.165, 1.54) is 12.0 Å². The molecule has 2 aromatic carbocycles. The highest BCUT2D eigenvalue weighted by Gasteiger charge is 2.41. The molecule has 27 heavy (non-hydrogen) atoms. The largest absolute Gasteiger partial charge is 0.219 e. The molecule has 0 amide bonds. The van der Waals surface area contributed by atoms with E-state index in [0.717, 1.165) is 46.8 Å². The van der Waals surface area contributed by atoms with Gasteiger partial charge in [0.1, 0.15) is 0 Å². The highest BCUT2D eigenvalue weighted by Crippen LogP contribution is 2.47. The van der Waals surface area contributed by atoms with Gasteiger partial charge in [0.2, 0.25) is 9.84 Å². The van der Waals surface area contributed by atoms with E-state index in [9.17, 15) is 8.42 Å². The third-order valence-electron chi connectivity index (χ3n) is 7.17. The third kappa shape index (κ3) is 3.71. The Hall–Kier alpha value is -1.61. The number of hydrogen-bond donors (Lipinski definition) is 0. The fourth-order valence-electron chi connectivity index (χ4n) is 4.57. The molecule has 3 heteroatoms. The number of aryl methyl sites for hydroxylation is 4. The summed E-state index contributed by atoms with van der Waals surface area (Å²) in [5.41, 5.74) is 4.46. The monoisotopic (exact) mass is 384 g/mol. The van der Waals surface area contributed by atoms with Crippen molar-refractivity contribution in [2.24, 2.45) is 23.7 Å². The summed E-state index contributed by atoms with van der Waals surface area (Å²) in [7, 11) is -3.47. The summed E-state index contributed by atoms with van der Waals surface area (Å²) in [4.78, 5) is 0.773. The quantitative estimate of drug-likeness (QED) is 0.641. The van der Waals surface area contributed by atoms with E-state index >= 15 is 0 Å². The van der Waals surface area contributed by atoms with Gasteiger partial charge in [-0.2, -0.15) is 0 Å². The van der Waals surface area contributed by atoms with Crippen molar-refractivity contribution in [2.45, 2.75) is 64.2 Å². The fourth-order valence-corrected chi connectivity index (χ4v) is 6.00. The van der Waals surface area contributed by atoms with E-state index in [-0.39, 0.29) is 0 Å². The molecule has 146 valence electrons. The minimum absolute atomic E-state index is 0.379. The Bertz CT molecular complexity index is 933. The first-order chi connectivity index (χ1) is 12.6. The lowest BCUT2D eigenvalue weighted by Gasteiger charge is -2.48. The molecular formula is C24H32O2S. The number of sulfone groups is 1. The smallest absolute Gasteiger partial charge is 0.206 e. The van der Waals surface area contributed by atoms with Gasteiger partial charge in [0.25, 0.3) is 0 Å². The van der Waals surface area contributed by atoms with E-state index in [1.54, 1.807) is 18.2 Å². The van der Waals surface area contributed by atoms with Gasteiger partial charge >= 0.3 is 0 Å². The van der Waals surface area contributed by atoms with Crippen molar-refractivity contribution in [2.75, 3.05) is 0 Å². The number of rotatable bonds is 5. The van der Waals surface area contributed by atoms with E-state index in [0.29, 0.717) is 9.79 Å². The zero-order chi connectivity index (χ0) is 19.9. The van der Waals surface area contributed by atoms with Gasteiger partial charge in [0.15, 0.2) is 0 Å². The van der Waals surface area contributed by atoms with E-state index in [1.807, 2.05) is 39.0 Å². The van der Waals surface area contributed by atoms with Crippen LogP contribution in [0, 0.1) is 44.4 Å². The van der Waals surface area contributed by atoms with Crippen LogP contribution in [-0.2, 0) is 16.3 Å². The van der Waals surface area contributed by atoms with E-state index in [2.05, 4.69) is 20.8 Å². The van der Waals surface area contributed by atoms with Gasteiger partial charge in [-0.3, -0.25) is 0 Å². The molecule has 0 saturated heterocycles. The second-order valence-corrected chi connectivity index (χ2v) is 10.6. The summed E-state index contributed by atoms with van der Waals surface area (Å²) in [6.45, 7) is 13.1. The second-order valence-electron chi connectivity index (χ2n) is 8.62. The summed E-state index contributed by atoms with van der Waals surface area (Å²) in [5, 5.41) is 0. The molecule has 0 aliphatic heterocycles. The van der Waals surface area contributed by atoms with Gasteiger partial charge in [-0.15, -0.1) is 0 Å². The van der Waals surface area contributed by atoms with Crippen LogP contribution in [0.25, 0.3) is 0 Å². The predicted octanol–water partition coefficient (Wildman–Crippen LogP) is 5.92.